The first-order chi connectivity index (χ1) is 20.4. The van der Waals surface area contributed by atoms with Crippen LogP contribution in [-0.4, -0.2) is 14.7 Å². The van der Waals surface area contributed by atoms with E-state index in [0.29, 0.717) is 12.3 Å². The molecular weight excluding hydrogens is 571 g/mol. The van der Waals surface area contributed by atoms with Gasteiger partial charge in [0.15, 0.2) is 0 Å². The van der Waals surface area contributed by atoms with Crippen molar-refractivity contribution < 1.29 is 14.7 Å². The molecular formula is C41H63O3P. The molecule has 250 valence electrons. The Bertz CT molecular complexity index is 1430. The molecule has 45 heavy (non-hydrogen) atoms. The van der Waals surface area contributed by atoms with Crippen molar-refractivity contribution in [1.29, 1.82) is 0 Å². The van der Waals surface area contributed by atoms with Gasteiger partial charge in [0.1, 0.15) is 0 Å². The van der Waals surface area contributed by atoms with E-state index < -0.39 is 7.28 Å². The van der Waals surface area contributed by atoms with Crippen molar-refractivity contribution in [1.82, 2.24) is 0 Å². The molecule has 3 nitrogen and oxygen atoms in total. The van der Waals surface area contributed by atoms with E-state index in [0.717, 1.165) is 41.5 Å². The summed E-state index contributed by atoms with van der Waals surface area (Å²) in [5.74, 6) is 0.694. The van der Waals surface area contributed by atoms with Gasteiger partial charge in [0, 0.05) is 0 Å². The maximum atomic E-state index is 12.2. The van der Waals surface area contributed by atoms with Crippen LogP contribution in [0.4, 0.5) is 0 Å². The van der Waals surface area contributed by atoms with E-state index >= 15 is 0 Å². The van der Waals surface area contributed by atoms with E-state index in [-0.39, 0.29) is 38.2 Å². The molecule has 0 aliphatic heterocycles. The molecule has 0 heterocycles. The van der Waals surface area contributed by atoms with Crippen molar-refractivity contribution in [3.63, 3.8) is 0 Å². The van der Waals surface area contributed by atoms with Gasteiger partial charge in [-0.15, -0.1) is 0 Å². The summed E-state index contributed by atoms with van der Waals surface area (Å²) in [6, 6.07) is 21.7. The van der Waals surface area contributed by atoms with E-state index in [1.54, 1.807) is 18.2 Å². The SMILES string of the molecule is CCC(C)(C)c1ccc(-c2cccc(P(O)(O)(O)c3ccc(C(C)(C)CC)cc3)c2CC(CC(C)C(C)(C)C)C(C)(C)C)cc1. The van der Waals surface area contributed by atoms with Gasteiger partial charge in [-0.1, -0.05) is 0 Å². The van der Waals surface area contributed by atoms with E-state index in [9.17, 15) is 14.7 Å². The molecule has 2 atom stereocenters. The Morgan fingerprint density at radius 1 is 0.622 bits per heavy atom. The van der Waals surface area contributed by atoms with Crippen molar-refractivity contribution in [2.75, 3.05) is 0 Å². The summed E-state index contributed by atoms with van der Waals surface area (Å²) in [4.78, 5) is 36.5. The summed E-state index contributed by atoms with van der Waals surface area (Å²) < 4.78 is 0. The maximum absolute atomic E-state index is 12.2. The Kier molecular flexibility index (Phi) is 10.7. The Hall–Kier alpha value is -2.03. The zero-order valence-corrected chi connectivity index (χ0v) is 31.5. The molecule has 4 heteroatoms. The molecule has 0 saturated carbocycles. The van der Waals surface area contributed by atoms with Gasteiger partial charge in [-0.25, -0.2) is 0 Å². The molecule has 0 amide bonds. The Balaban J connectivity index is 2.29. The van der Waals surface area contributed by atoms with Gasteiger partial charge in [-0.2, -0.15) is 0 Å². The van der Waals surface area contributed by atoms with Crippen molar-refractivity contribution >= 4 is 17.9 Å². The predicted octanol–water partition coefficient (Wildman–Crippen LogP) is 10.2. The van der Waals surface area contributed by atoms with Crippen molar-refractivity contribution in [2.24, 2.45) is 22.7 Å². The topological polar surface area (TPSA) is 60.7 Å². The van der Waals surface area contributed by atoms with Crippen LogP contribution in [0, 0.1) is 22.7 Å². The Morgan fingerprint density at radius 3 is 1.51 bits per heavy atom. The molecule has 0 aliphatic carbocycles. The van der Waals surface area contributed by atoms with Gasteiger partial charge < -0.3 is 0 Å². The summed E-state index contributed by atoms with van der Waals surface area (Å²) in [5, 5.41) is 0.419. The second-order valence-corrected chi connectivity index (χ2v) is 20.1. The van der Waals surface area contributed by atoms with Gasteiger partial charge in [0.2, 0.25) is 0 Å². The summed E-state index contributed by atoms with van der Waals surface area (Å²) >= 11 is 0. The molecule has 0 radical (unpaired) electrons. The molecule has 3 aromatic carbocycles. The monoisotopic (exact) mass is 634 g/mol. The Labute approximate surface area is 275 Å². The first-order valence-corrected chi connectivity index (χ1v) is 19.1. The summed E-state index contributed by atoms with van der Waals surface area (Å²) in [6.45, 7) is 29.3. The number of hydrogen-bond acceptors (Lipinski definition) is 3. The minimum absolute atomic E-state index is 0.0386. The predicted molar refractivity (Wildman–Crippen MR) is 198 cm³/mol. The fraction of sp³-hybridized carbons (Fsp3) is 0.561. The van der Waals surface area contributed by atoms with Gasteiger partial charge >= 0.3 is 276 Å². The third-order valence-corrected chi connectivity index (χ3v) is 13.8. The van der Waals surface area contributed by atoms with Crippen LogP contribution in [0.25, 0.3) is 11.1 Å². The average Bonchev–Trinajstić information content (AvgIpc) is 2.95. The summed E-state index contributed by atoms with van der Waals surface area (Å²) in [5.41, 5.74) is 5.29. The van der Waals surface area contributed by atoms with Gasteiger partial charge in [-0.05, 0) is 0 Å². The fourth-order valence-corrected chi connectivity index (χ4v) is 8.10. The molecule has 3 aromatic rings. The zero-order chi connectivity index (χ0) is 34.2. The average molecular weight is 635 g/mol. The van der Waals surface area contributed by atoms with Crippen LogP contribution in [-0.2, 0) is 17.3 Å². The van der Waals surface area contributed by atoms with Crippen molar-refractivity contribution in [2.45, 2.75) is 127 Å². The first kappa shape index (κ1) is 37.4. The van der Waals surface area contributed by atoms with Crippen LogP contribution in [0.2, 0.25) is 0 Å². The second kappa shape index (κ2) is 12.9. The third-order valence-electron chi connectivity index (χ3n) is 11.3. The Morgan fingerprint density at radius 2 is 1.09 bits per heavy atom. The molecule has 0 saturated heterocycles. The van der Waals surface area contributed by atoms with Crippen LogP contribution in [0.5, 0.6) is 0 Å². The van der Waals surface area contributed by atoms with Gasteiger partial charge in [-0.3, -0.25) is 0 Å². The molecule has 0 aliphatic rings. The third kappa shape index (κ3) is 8.28. The first-order valence-electron chi connectivity index (χ1n) is 17.0. The van der Waals surface area contributed by atoms with Crippen LogP contribution in [0.1, 0.15) is 126 Å². The normalized spacial score (nSPS) is 15.8. The molecule has 3 rings (SSSR count). The summed E-state index contributed by atoms with van der Waals surface area (Å²) in [6.07, 6.45) is 3.60. The number of hydrogen-bond donors (Lipinski definition) is 3. The molecule has 0 fully saturated rings. The fourth-order valence-electron chi connectivity index (χ4n) is 6.05. The van der Waals surface area contributed by atoms with E-state index in [1.165, 1.54) is 5.56 Å². The van der Waals surface area contributed by atoms with Crippen LogP contribution in [0.15, 0.2) is 66.7 Å². The van der Waals surface area contributed by atoms with Crippen molar-refractivity contribution in [3.05, 3.63) is 83.4 Å². The molecule has 0 spiro atoms. The number of benzene rings is 3. The van der Waals surface area contributed by atoms with Crippen molar-refractivity contribution in [3.8, 4) is 11.1 Å². The quantitative estimate of drug-likeness (QED) is 0.184. The molecule has 3 N–H and O–H groups in total. The minimum atomic E-state index is -5.51. The standard InChI is InChI=1S/C41H63O3P/c1-14-40(10,11)31-21-19-30(20-22-31)35-17-16-18-37(36(35)28-33(39(7,8)9)27-29(3)38(4,5)6)45(42,43,44)34-25-23-32(24-26-34)41(12,13)15-2/h16-26,29,33,42-44H,14-15,27-28H2,1-13H3. The molecule has 2 unspecified atom stereocenters. The molecule has 0 bridgehead atoms. The van der Waals surface area contributed by atoms with E-state index in [2.05, 4.69) is 120 Å². The van der Waals surface area contributed by atoms with Crippen LogP contribution in [0.3, 0.4) is 0 Å². The van der Waals surface area contributed by atoms with Crippen LogP contribution < -0.4 is 10.6 Å². The van der Waals surface area contributed by atoms with Gasteiger partial charge in [0.25, 0.3) is 0 Å². The van der Waals surface area contributed by atoms with Crippen LogP contribution >= 0.6 is 7.28 Å². The van der Waals surface area contributed by atoms with E-state index in [1.807, 2.05) is 18.2 Å². The van der Waals surface area contributed by atoms with Gasteiger partial charge in [0.05, 0.1) is 0 Å². The second-order valence-electron chi connectivity index (χ2n) is 17.2. The van der Waals surface area contributed by atoms with E-state index in [4.69, 9.17) is 0 Å². The summed E-state index contributed by atoms with van der Waals surface area (Å²) in [7, 11) is -5.51. The molecule has 0 aromatic heterocycles. The zero-order valence-electron chi connectivity index (χ0n) is 30.6. The number of rotatable bonds is 11.